The van der Waals surface area contributed by atoms with E-state index in [4.69, 9.17) is 10.5 Å². The monoisotopic (exact) mass is 201 g/mol. The molecule has 2 heteroatoms. The maximum absolute atomic E-state index is 6.29. The van der Waals surface area contributed by atoms with Crippen LogP contribution in [0.25, 0.3) is 0 Å². The van der Waals surface area contributed by atoms with E-state index in [1.165, 1.54) is 12.8 Å². The van der Waals surface area contributed by atoms with Gasteiger partial charge in [-0.2, -0.15) is 0 Å². The third kappa shape index (κ3) is 2.96. The van der Waals surface area contributed by atoms with E-state index < -0.39 is 0 Å². The molecule has 0 saturated carbocycles. The number of nitrogens with two attached hydrogens (primary N) is 1. The molecule has 0 aromatic carbocycles. The molecule has 0 aliphatic rings. The Morgan fingerprint density at radius 3 is 2.00 bits per heavy atom. The molecule has 0 spiro atoms. The maximum Gasteiger partial charge on any atom is 0.0826 e. The second-order valence-electron chi connectivity index (χ2n) is 4.27. The van der Waals surface area contributed by atoms with Crippen molar-refractivity contribution in [3.8, 4) is 0 Å². The highest BCUT2D eigenvalue weighted by atomic mass is 16.5. The molecular formula is C12H27NO. The highest BCUT2D eigenvalue weighted by Crippen LogP contribution is 2.28. The van der Waals surface area contributed by atoms with Crippen LogP contribution < -0.4 is 5.73 Å². The minimum atomic E-state index is -0.116. The van der Waals surface area contributed by atoms with Crippen LogP contribution in [0.1, 0.15) is 53.4 Å². The fraction of sp³-hybridized carbons (Fsp3) is 1.00. The molecule has 0 bridgehead atoms. The summed E-state index contributed by atoms with van der Waals surface area (Å²) in [6.45, 7) is 8.75. The first-order valence-electron chi connectivity index (χ1n) is 5.88. The van der Waals surface area contributed by atoms with Gasteiger partial charge in [-0.25, -0.2) is 0 Å². The number of methoxy groups -OCH3 is 1. The molecule has 86 valence electrons. The first kappa shape index (κ1) is 13.9. The van der Waals surface area contributed by atoms with Crippen molar-refractivity contribution in [2.45, 2.75) is 65.0 Å². The van der Waals surface area contributed by atoms with E-state index in [1.54, 1.807) is 7.11 Å². The van der Waals surface area contributed by atoms with Crippen LogP contribution in [-0.4, -0.2) is 18.8 Å². The molecule has 0 saturated heterocycles. The minimum Gasteiger partial charge on any atom is -0.377 e. The largest absolute Gasteiger partial charge is 0.377 e. The summed E-state index contributed by atoms with van der Waals surface area (Å²) in [5.41, 5.74) is 6.17. The zero-order chi connectivity index (χ0) is 11.2. The summed E-state index contributed by atoms with van der Waals surface area (Å²) in [6.07, 6.45) is 4.37. The Hall–Kier alpha value is -0.0800. The van der Waals surface area contributed by atoms with E-state index in [-0.39, 0.29) is 11.6 Å². The van der Waals surface area contributed by atoms with Crippen molar-refractivity contribution in [2.75, 3.05) is 7.11 Å². The van der Waals surface area contributed by atoms with Crippen molar-refractivity contribution in [1.82, 2.24) is 0 Å². The van der Waals surface area contributed by atoms with E-state index in [0.717, 1.165) is 12.8 Å². The summed E-state index contributed by atoms with van der Waals surface area (Å²) in [7, 11) is 1.78. The molecule has 0 fully saturated rings. The van der Waals surface area contributed by atoms with Crippen LogP contribution in [0.5, 0.6) is 0 Å². The van der Waals surface area contributed by atoms with E-state index in [0.29, 0.717) is 5.92 Å². The lowest BCUT2D eigenvalue weighted by Gasteiger charge is -2.39. The van der Waals surface area contributed by atoms with Gasteiger partial charge in [0.2, 0.25) is 0 Å². The quantitative estimate of drug-likeness (QED) is 0.687. The summed E-state index contributed by atoms with van der Waals surface area (Å²) >= 11 is 0. The van der Waals surface area contributed by atoms with Crippen molar-refractivity contribution in [1.29, 1.82) is 0 Å². The first-order chi connectivity index (χ1) is 6.57. The predicted molar refractivity (Wildman–Crippen MR) is 62.4 cm³/mol. The SMILES string of the molecule is CCCC(C)C(N)C(CC)(CC)OC. The molecule has 2 atom stereocenters. The van der Waals surface area contributed by atoms with Crippen LogP contribution in [0.3, 0.4) is 0 Å². The summed E-state index contributed by atoms with van der Waals surface area (Å²) in [5, 5.41) is 0. The van der Waals surface area contributed by atoms with Gasteiger partial charge < -0.3 is 10.5 Å². The van der Waals surface area contributed by atoms with Crippen molar-refractivity contribution < 1.29 is 4.74 Å². The molecule has 0 rings (SSSR count). The van der Waals surface area contributed by atoms with Crippen molar-refractivity contribution in [3.63, 3.8) is 0 Å². The fourth-order valence-corrected chi connectivity index (χ4v) is 2.30. The van der Waals surface area contributed by atoms with E-state index in [1.807, 2.05) is 0 Å². The van der Waals surface area contributed by atoms with Crippen molar-refractivity contribution in [2.24, 2.45) is 11.7 Å². The lowest BCUT2D eigenvalue weighted by molar-refractivity contribution is -0.0509. The number of hydrogen-bond acceptors (Lipinski definition) is 2. The summed E-state index contributed by atoms with van der Waals surface area (Å²) < 4.78 is 5.64. The van der Waals surface area contributed by atoms with Gasteiger partial charge in [0.15, 0.2) is 0 Å². The maximum atomic E-state index is 6.29. The zero-order valence-corrected chi connectivity index (χ0v) is 10.5. The van der Waals surface area contributed by atoms with Crippen LogP contribution in [0.2, 0.25) is 0 Å². The molecule has 2 nitrogen and oxygen atoms in total. The third-order valence-corrected chi connectivity index (χ3v) is 3.57. The van der Waals surface area contributed by atoms with Gasteiger partial charge in [-0.15, -0.1) is 0 Å². The molecular weight excluding hydrogens is 174 g/mol. The highest BCUT2D eigenvalue weighted by Gasteiger charge is 2.35. The first-order valence-corrected chi connectivity index (χ1v) is 5.88. The lowest BCUT2D eigenvalue weighted by Crippen LogP contribution is -2.52. The second-order valence-corrected chi connectivity index (χ2v) is 4.27. The number of rotatable bonds is 7. The summed E-state index contributed by atoms with van der Waals surface area (Å²) in [5.74, 6) is 0.542. The normalized spacial score (nSPS) is 16.7. The Balaban J connectivity index is 4.48. The topological polar surface area (TPSA) is 35.2 Å². The van der Waals surface area contributed by atoms with Gasteiger partial charge in [-0.05, 0) is 25.2 Å². The Bertz CT molecular complexity index is 135. The predicted octanol–water partition coefficient (Wildman–Crippen LogP) is 2.96. The molecule has 2 unspecified atom stereocenters. The van der Waals surface area contributed by atoms with Gasteiger partial charge in [-0.1, -0.05) is 34.1 Å². The summed E-state index contributed by atoms with van der Waals surface area (Å²) in [4.78, 5) is 0. The van der Waals surface area contributed by atoms with Gasteiger partial charge in [0, 0.05) is 13.2 Å². The van der Waals surface area contributed by atoms with E-state index >= 15 is 0 Å². The molecule has 0 radical (unpaired) electrons. The van der Waals surface area contributed by atoms with Crippen LogP contribution in [0, 0.1) is 5.92 Å². The Morgan fingerprint density at radius 2 is 1.71 bits per heavy atom. The Labute approximate surface area is 89.2 Å². The molecule has 0 aromatic heterocycles. The Morgan fingerprint density at radius 1 is 1.21 bits per heavy atom. The standard InChI is InChI=1S/C12H27NO/c1-6-9-10(4)11(13)12(7-2,8-3)14-5/h10-11H,6-9,13H2,1-5H3. The molecule has 0 aliphatic carbocycles. The van der Waals surface area contributed by atoms with Crippen molar-refractivity contribution >= 4 is 0 Å². The van der Waals surface area contributed by atoms with Crippen LogP contribution in [-0.2, 0) is 4.74 Å². The van der Waals surface area contributed by atoms with Gasteiger partial charge in [-0.3, -0.25) is 0 Å². The van der Waals surface area contributed by atoms with Gasteiger partial charge in [0.25, 0.3) is 0 Å². The molecule has 2 N–H and O–H groups in total. The highest BCUT2D eigenvalue weighted by molar-refractivity contribution is 4.91. The van der Waals surface area contributed by atoms with Gasteiger partial charge >= 0.3 is 0 Å². The molecule has 0 aliphatic heterocycles. The number of ether oxygens (including phenoxy) is 1. The van der Waals surface area contributed by atoms with Crippen LogP contribution in [0.15, 0.2) is 0 Å². The van der Waals surface area contributed by atoms with Crippen LogP contribution >= 0.6 is 0 Å². The molecule has 0 aromatic rings. The fourth-order valence-electron chi connectivity index (χ4n) is 2.30. The lowest BCUT2D eigenvalue weighted by atomic mass is 9.80. The van der Waals surface area contributed by atoms with E-state index in [2.05, 4.69) is 27.7 Å². The Kier molecular flexibility index (Phi) is 6.38. The average Bonchev–Trinajstić information content (AvgIpc) is 2.21. The van der Waals surface area contributed by atoms with Crippen LogP contribution in [0.4, 0.5) is 0 Å². The zero-order valence-electron chi connectivity index (χ0n) is 10.5. The molecule has 0 heterocycles. The van der Waals surface area contributed by atoms with Gasteiger partial charge in [0.1, 0.15) is 0 Å². The molecule has 14 heavy (non-hydrogen) atoms. The summed E-state index contributed by atoms with van der Waals surface area (Å²) in [6, 6.07) is 0.155. The third-order valence-electron chi connectivity index (χ3n) is 3.57. The van der Waals surface area contributed by atoms with E-state index in [9.17, 15) is 0 Å². The second kappa shape index (κ2) is 6.41. The van der Waals surface area contributed by atoms with Crippen molar-refractivity contribution in [3.05, 3.63) is 0 Å². The number of hydrogen-bond donors (Lipinski definition) is 1. The average molecular weight is 201 g/mol. The minimum absolute atomic E-state index is 0.116. The van der Waals surface area contributed by atoms with Gasteiger partial charge in [0.05, 0.1) is 5.60 Å². The molecule has 0 amide bonds. The smallest absolute Gasteiger partial charge is 0.0826 e.